The molecule has 1 aliphatic carbocycles. The molecule has 1 aliphatic rings. The number of anilines is 1. The monoisotopic (exact) mass is 359 g/mol. The Balaban J connectivity index is 0.00000225. The molecule has 1 saturated carbocycles. The number of hydrogen-bond acceptors (Lipinski definition) is 3. The van der Waals surface area contributed by atoms with Gasteiger partial charge in [0.25, 0.3) is 11.8 Å². The van der Waals surface area contributed by atoms with Crippen molar-refractivity contribution in [1.82, 2.24) is 5.32 Å². The fourth-order valence-electron chi connectivity index (χ4n) is 2.38. The third kappa shape index (κ3) is 4.81. The molecule has 1 fully saturated rings. The number of carbonyl (C=O) groups excluding carboxylic acids is 2. The highest BCUT2D eigenvalue weighted by Gasteiger charge is 2.24. The molecule has 0 atom stereocenters. The highest BCUT2D eigenvalue weighted by Crippen LogP contribution is 2.21. The predicted octanol–water partition coefficient (Wildman–Crippen LogP) is 3.02. The molecule has 2 aromatic rings. The zero-order chi connectivity index (χ0) is 17.1. The lowest BCUT2D eigenvalue weighted by atomic mass is 10.1. The smallest absolute Gasteiger partial charge is 0.255 e. The number of halogens is 1. The number of carbonyl (C=O) groups is 2. The Labute approximate surface area is 153 Å². The van der Waals surface area contributed by atoms with Gasteiger partial charge in [0, 0.05) is 29.4 Å². The van der Waals surface area contributed by atoms with Crippen LogP contribution in [0.3, 0.4) is 0 Å². The minimum Gasteiger partial charge on any atom is -0.349 e. The first-order valence-electron chi connectivity index (χ1n) is 8.08. The SMILES string of the molecule is Cc1ccc(C(=O)NC2CC2)cc1NC(=O)c1ccc(CN)cc1.Cl. The number of amides is 2. The van der Waals surface area contributed by atoms with Crippen LogP contribution in [0.15, 0.2) is 42.5 Å². The number of benzene rings is 2. The number of hydrogen-bond donors (Lipinski definition) is 3. The van der Waals surface area contributed by atoms with Crippen LogP contribution in [0.4, 0.5) is 5.69 Å². The molecule has 0 saturated heterocycles. The van der Waals surface area contributed by atoms with E-state index in [1.54, 1.807) is 24.3 Å². The van der Waals surface area contributed by atoms with Crippen molar-refractivity contribution < 1.29 is 9.59 Å². The van der Waals surface area contributed by atoms with Crippen molar-refractivity contribution in [3.63, 3.8) is 0 Å². The minimum atomic E-state index is -0.207. The third-order valence-corrected chi connectivity index (χ3v) is 4.11. The lowest BCUT2D eigenvalue weighted by molar-refractivity contribution is 0.0949. The summed E-state index contributed by atoms with van der Waals surface area (Å²) in [5.74, 6) is -0.304. The maximum absolute atomic E-state index is 12.4. The van der Waals surface area contributed by atoms with Crippen molar-refractivity contribution in [3.8, 4) is 0 Å². The first kappa shape index (κ1) is 19.0. The molecule has 132 valence electrons. The Morgan fingerprint density at radius 1 is 1.04 bits per heavy atom. The maximum Gasteiger partial charge on any atom is 0.255 e. The van der Waals surface area contributed by atoms with E-state index in [4.69, 9.17) is 5.73 Å². The van der Waals surface area contributed by atoms with Gasteiger partial charge in [-0.3, -0.25) is 9.59 Å². The van der Waals surface area contributed by atoms with E-state index in [1.807, 2.05) is 25.1 Å². The molecule has 0 bridgehead atoms. The van der Waals surface area contributed by atoms with Gasteiger partial charge in [0.05, 0.1) is 0 Å². The van der Waals surface area contributed by atoms with E-state index in [1.165, 1.54) is 0 Å². The van der Waals surface area contributed by atoms with Crippen molar-refractivity contribution in [2.24, 2.45) is 5.73 Å². The van der Waals surface area contributed by atoms with E-state index in [0.29, 0.717) is 29.4 Å². The summed E-state index contributed by atoms with van der Waals surface area (Å²) in [6, 6.07) is 12.8. The molecular formula is C19H22ClN3O2. The third-order valence-electron chi connectivity index (χ3n) is 4.11. The van der Waals surface area contributed by atoms with Gasteiger partial charge in [-0.2, -0.15) is 0 Å². The quantitative estimate of drug-likeness (QED) is 0.767. The average Bonchev–Trinajstić information content (AvgIpc) is 3.40. The fourth-order valence-corrected chi connectivity index (χ4v) is 2.38. The van der Waals surface area contributed by atoms with Crippen LogP contribution in [-0.4, -0.2) is 17.9 Å². The molecule has 4 N–H and O–H groups in total. The summed E-state index contributed by atoms with van der Waals surface area (Å²) in [7, 11) is 0. The van der Waals surface area contributed by atoms with Gasteiger partial charge in [-0.25, -0.2) is 0 Å². The molecule has 0 aromatic heterocycles. The molecule has 2 aromatic carbocycles. The van der Waals surface area contributed by atoms with E-state index in [0.717, 1.165) is 24.0 Å². The van der Waals surface area contributed by atoms with Crippen LogP contribution < -0.4 is 16.4 Å². The molecule has 0 heterocycles. The summed E-state index contributed by atoms with van der Waals surface area (Å²) >= 11 is 0. The lowest BCUT2D eigenvalue weighted by Crippen LogP contribution is -2.25. The Morgan fingerprint density at radius 3 is 2.28 bits per heavy atom. The molecule has 25 heavy (non-hydrogen) atoms. The number of nitrogens with two attached hydrogens (primary N) is 1. The maximum atomic E-state index is 12.4. The summed E-state index contributed by atoms with van der Waals surface area (Å²) in [5.41, 5.74) is 9.20. The first-order chi connectivity index (χ1) is 11.6. The van der Waals surface area contributed by atoms with E-state index in [9.17, 15) is 9.59 Å². The van der Waals surface area contributed by atoms with E-state index < -0.39 is 0 Å². The Kier molecular flexibility index (Phi) is 6.17. The van der Waals surface area contributed by atoms with Gasteiger partial charge >= 0.3 is 0 Å². The van der Waals surface area contributed by atoms with Gasteiger partial charge in [-0.1, -0.05) is 18.2 Å². The Bertz CT molecular complexity index is 771. The zero-order valence-corrected chi connectivity index (χ0v) is 14.9. The second kappa shape index (κ2) is 8.14. The van der Waals surface area contributed by atoms with Gasteiger partial charge < -0.3 is 16.4 Å². The van der Waals surface area contributed by atoms with Crippen molar-refractivity contribution in [1.29, 1.82) is 0 Å². The van der Waals surface area contributed by atoms with Crippen LogP contribution in [0.1, 0.15) is 44.7 Å². The summed E-state index contributed by atoms with van der Waals surface area (Å²) in [6.45, 7) is 2.34. The first-order valence-corrected chi connectivity index (χ1v) is 8.08. The second-order valence-corrected chi connectivity index (χ2v) is 6.13. The van der Waals surface area contributed by atoms with Crippen LogP contribution in [0.2, 0.25) is 0 Å². The molecular weight excluding hydrogens is 338 g/mol. The lowest BCUT2D eigenvalue weighted by Gasteiger charge is -2.11. The van der Waals surface area contributed by atoms with Crippen molar-refractivity contribution in [3.05, 3.63) is 64.7 Å². The molecule has 3 rings (SSSR count). The van der Waals surface area contributed by atoms with Gasteiger partial charge in [-0.15, -0.1) is 12.4 Å². The van der Waals surface area contributed by atoms with E-state index >= 15 is 0 Å². The molecule has 0 spiro atoms. The van der Waals surface area contributed by atoms with Crippen LogP contribution in [0, 0.1) is 6.92 Å². The van der Waals surface area contributed by atoms with Gasteiger partial charge in [-0.05, 0) is 55.2 Å². The van der Waals surface area contributed by atoms with Crippen molar-refractivity contribution in [2.45, 2.75) is 32.4 Å². The predicted molar refractivity (Wildman–Crippen MR) is 101 cm³/mol. The highest BCUT2D eigenvalue weighted by molar-refractivity contribution is 6.05. The fraction of sp³-hybridized carbons (Fsp3) is 0.263. The summed E-state index contributed by atoms with van der Waals surface area (Å²) in [4.78, 5) is 24.5. The zero-order valence-electron chi connectivity index (χ0n) is 14.0. The highest BCUT2D eigenvalue weighted by atomic mass is 35.5. The molecule has 0 unspecified atom stereocenters. The van der Waals surface area contributed by atoms with Crippen LogP contribution in [0.5, 0.6) is 0 Å². The van der Waals surface area contributed by atoms with Gasteiger partial charge in [0.2, 0.25) is 0 Å². The Hall–Kier alpha value is -2.37. The number of rotatable bonds is 5. The van der Waals surface area contributed by atoms with E-state index in [2.05, 4.69) is 10.6 Å². The summed E-state index contributed by atoms with van der Waals surface area (Å²) in [6.07, 6.45) is 2.08. The van der Waals surface area contributed by atoms with Crippen LogP contribution in [0.25, 0.3) is 0 Å². The summed E-state index contributed by atoms with van der Waals surface area (Å²) in [5, 5.41) is 5.83. The molecule has 0 radical (unpaired) electrons. The second-order valence-electron chi connectivity index (χ2n) is 6.13. The van der Waals surface area contributed by atoms with Crippen LogP contribution >= 0.6 is 12.4 Å². The topological polar surface area (TPSA) is 84.2 Å². The Morgan fingerprint density at radius 2 is 1.68 bits per heavy atom. The van der Waals surface area contributed by atoms with Gasteiger partial charge in [0.1, 0.15) is 0 Å². The minimum absolute atomic E-state index is 0. The average molecular weight is 360 g/mol. The molecule has 2 amide bonds. The van der Waals surface area contributed by atoms with Crippen LogP contribution in [-0.2, 0) is 6.54 Å². The standard InChI is InChI=1S/C19H21N3O2.ClH/c1-12-2-5-15(19(24)21-16-8-9-16)10-17(12)22-18(23)14-6-3-13(11-20)4-7-14;/h2-7,10,16H,8-9,11,20H2,1H3,(H,21,24)(H,22,23);1H. The number of aryl methyl sites for hydroxylation is 1. The largest absolute Gasteiger partial charge is 0.349 e. The summed E-state index contributed by atoms with van der Waals surface area (Å²) < 4.78 is 0. The molecule has 0 aliphatic heterocycles. The molecule has 5 nitrogen and oxygen atoms in total. The number of nitrogens with one attached hydrogen (secondary N) is 2. The normalized spacial score (nSPS) is 12.9. The van der Waals surface area contributed by atoms with Crippen molar-refractivity contribution in [2.75, 3.05) is 5.32 Å². The molecule has 6 heteroatoms. The van der Waals surface area contributed by atoms with E-state index in [-0.39, 0.29) is 24.2 Å². The van der Waals surface area contributed by atoms with Crippen molar-refractivity contribution >= 4 is 29.9 Å². The van der Waals surface area contributed by atoms with Gasteiger partial charge in [0.15, 0.2) is 0 Å².